The van der Waals surface area contributed by atoms with Gasteiger partial charge in [0.2, 0.25) is 34.0 Å². The van der Waals surface area contributed by atoms with E-state index in [1.165, 1.54) is 9.80 Å². The van der Waals surface area contributed by atoms with Crippen molar-refractivity contribution in [3.8, 4) is 0 Å². The van der Waals surface area contributed by atoms with Crippen molar-refractivity contribution >= 4 is 34.0 Å². The van der Waals surface area contributed by atoms with Crippen LogP contribution in [-0.2, 0) is 33.8 Å². The standard InChI is InChI=1S/C18H30N3O4.CH4O4S/c1-13-11-15(22)19(17(13)24)7-5-9-21(3,4)10-6-8-20-16(23)12-14(2)18(20)25;1-5-6(2,3)4/h13-14H,5-12H2,1-4H3;1H3,(H,2,3,4)/q+1;/p-1. The lowest BCUT2D eigenvalue weighted by Crippen LogP contribution is -2.44. The first kappa shape index (κ1) is 27.1. The van der Waals surface area contributed by atoms with Gasteiger partial charge in [-0.05, 0) is 0 Å². The van der Waals surface area contributed by atoms with Gasteiger partial charge < -0.3 is 9.04 Å². The van der Waals surface area contributed by atoms with Crippen LogP contribution in [0.15, 0.2) is 0 Å². The smallest absolute Gasteiger partial charge is 0.232 e. The molecule has 4 amide bonds. The summed E-state index contributed by atoms with van der Waals surface area (Å²) >= 11 is 0. The molecule has 2 saturated heterocycles. The van der Waals surface area contributed by atoms with E-state index in [1.807, 2.05) is 0 Å². The molecule has 2 unspecified atom stereocenters. The number of imide groups is 2. The maximum Gasteiger partial charge on any atom is 0.232 e. The molecule has 2 rings (SSSR count). The maximum atomic E-state index is 11.9. The van der Waals surface area contributed by atoms with Crippen LogP contribution in [0.2, 0.25) is 0 Å². The molecule has 2 aliphatic rings. The molecule has 0 bridgehead atoms. The average molecular weight is 464 g/mol. The maximum absolute atomic E-state index is 11.9. The Kier molecular flexibility index (Phi) is 9.73. The number of rotatable bonds is 9. The van der Waals surface area contributed by atoms with Crippen molar-refractivity contribution in [3.63, 3.8) is 0 Å². The summed E-state index contributed by atoms with van der Waals surface area (Å²) in [5, 5.41) is 0. The van der Waals surface area contributed by atoms with Gasteiger partial charge in [0.1, 0.15) is 0 Å². The summed E-state index contributed by atoms with van der Waals surface area (Å²) < 4.78 is 31.8. The van der Waals surface area contributed by atoms with E-state index in [2.05, 4.69) is 18.3 Å². The molecule has 0 aromatic carbocycles. The van der Waals surface area contributed by atoms with E-state index in [1.54, 1.807) is 13.8 Å². The van der Waals surface area contributed by atoms with Crippen LogP contribution >= 0.6 is 0 Å². The molecule has 31 heavy (non-hydrogen) atoms. The quantitative estimate of drug-likeness (QED) is 0.197. The number of hydrogen-bond acceptors (Lipinski definition) is 8. The van der Waals surface area contributed by atoms with E-state index in [4.69, 9.17) is 0 Å². The van der Waals surface area contributed by atoms with Gasteiger partial charge in [0.15, 0.2) is 0 Å². The first-order valence-electron chi connectivity index (χ1n) is 10.2. The van der Waals surface area contributed by atoms with E-state index in [-0.39, 0.29) is 35.5 Å². The van der Waals surface area contributed by atoms with Crippen molar-refractivity contribution in [3.05, 3.63) is 0 Å². The summed E-state index contributed by atoms with van der Waals surface area (Å²) in [6, 6.07) is 0. The van der Waals surface area contributed by atoms with Crippen molar-refractivity contribution in [1.29, 1.82) is 0 Å². The largest absolute Gasteiger partial charge is 0.726 e. The Morgan fingerprint density at radius 2 is 1.23 bits per heavy atom. The number of hydrogen-bond donors (Lipinski definition) is 0. The topological polar surface area (TPSA) is 141 Å². The summed E-state index contributed by atoms with van der Waals surface area (Å²) in [4.78, 5) is 50.2. The molecular formula is C19H33N3O8S. The Morgan fingerprint density at radius 1 is 0.903 bits per heavy atom. The fourth-order valence-electron chi connectivity index (χ4n) is 3.59. The van der Waals surface area contributed by atoms with Crippen LogP contribution in [0.5, 0.6) is 0 Å². The predicted molar refractivity (Wildman–Crippen MR) is 109 cm³/mol. The molecule has 12 heteroatoms. The molecule has 0 N–H and O–H groups in total. The van der Waals surface area contributed by atoms with Crippen molar-refractivity contribution in [2.24, 2.45) is 11.8 Å². The summed E-state index contributed by atoms with van der Waals surface area (Å²) in [6.07, 6.45) is 2.17. The zero-order valence-electron chi connectivity index (χ0n) is 18.8. The monoisotopic (exact) mass is 463 g/mol. The van der Waals surface area contributed by atoms with Gasteiger partial charge >= 0.3 is 0 Å². The van der Waals surface area contributed by atoms with E-state index >= 15 is 0 Å². The summed E-state index contributed by atoms with van der Waals surface area (Å²) in [7, 11) is 0.575. The Morgan fingerprint density at radius 3 is 1.45 bits per heavy atom. The zero-order chi connectivity index (χ0) is 24.0. The summed E-state index contributed by atoms with van der Waals surface area (Å²) in [5.74, 6) is -0.627. The Hall–Kier alpha value is -1.89. The number of carbonyl (C=O) groups excluding carboxylic acids is 4. The highest BCUT2D eigenvalue weighted by Crippen LogP contribution is 2.20. The van der Waals surface area contributed by atoms with Crippen molar-refractivity contribution in [1.82, 2.24) is 9.80 Å². The second-order valence-electron chi connectivity index (χ2n) is 8.64. The van der Waals surface area contributed by atoms with Crippen molar-refractivity contribution in [2.75, 3.05) is 47.4 Å². The highest BCUT2D eigenvalue weighted by atomic mass is 32.3. The molecule has 2 atom stereocenters. The molecule has 0 saturated carbocycles. The highest BCUT2D eigenvalue weighted by molar-refractivity contribution is 7.80. The highest BCUT2D eigenvalue weighted by Gasteiger charge is 2.36. The van der Waals surface area contributed by atoms with E-state index in [0.29, 0.717) is 25.9 Å². The van der Waals surface area contributed by atoms with Gasteiger partial charge in [-0.2, -0.15) is 0 Å². The number of amides is 4. The number of likely N-dealkylation sites (tertiary alicyclic amines) is 2. The molecule has 2 heterocycles. The lowest BCUT2D eigenvalue weighted by Gasteiger charge is -2.31. The van der Waals surface area contributed by atoms with Gasteiger partial charge in [-0.25, -0.2) is 8.42 Å². The van der Waals surface area contributed by atoms with Gasteiger partial charge in [-0.1, -0.05) is 13.8 Å². The molecule has 0 aromatic heterocycles. The molecule has 178 valence electrons. The molecule has 0 aliphatic carbocycles. The SMILES string of the molecule is CC1CC(=O)N(CCC[N+](C)(C)CCCN2C(=O)CC(C)C2=O)C1=O.COS(=O)(=O)[O-]. The van der Waals surface area contributed by atoms with Crippen LogP contribution < -0.4 is 0 Å². The van der Waals surface area contributed by atoms with Gasteiger partial charge in [0, 0.05) is 50.6 Å². The van der Waals surface area contributed by atoms with Crippen LogP contribution in [0.25, 0.3) is 0 Å². The van der Waals surface area contributed by atoms with Crippen LogP contribution in [0, 0.1) is 11.8 Å². The third-order valence-electron chi connectivity index (χ3n) is 5.43. The fourth-order valence-corrected chi connectivity index (χ4v) is 3.59. The second kappa shape index (κ2) is 11.1. The molecule has 2 fully saturated rings. The van der Waals surface area contributed by atoms with Crippen molar-refractivity contribution < 1.29 is 40.8 Å². The van der Waals surface area contributed by atoms with E-state index < -0.39 is 10.4 Å². The number of nitrogens with zero attached hydrogens (tertiary/aromatic N) is 3. The van der Waals surface area contributed by atoms with Crippen LogP contribution in [0.1, 0.15) is 39.5 Å². The third-order valence-corrected chi connectivity index (χ3v) is 5.84. The zero-order valence-corrected chi connectivity index (χ0v) is 19.6. The minimum atomic E-state index is -4.41. The lowest BCUT2D eigenvalue weighted by atomic mass is 10.1. The number of quaternary nitrogens is 1. The number of carbonyl (C=O) groups is 4. The fraction of sp³-hybridized carbons (Fsp3) is 0.789. The van der Waals surface area contributed by atoms with Gasteiger partial charge in [0.05, 0.1) is 34.3 Å². The third kappa shape index (κ3) is 8.63. The van der Waals surface area contributed by atoms with Crippen LogP contribution in [0.4, 0.5) is 0 Å². The molecule has 0 spiro atoms. The summed E-state index contributed by atoms with van der Waals surface area (Å²) in [5.41, 5.74) is 0. The minimum Gasteiger partial charge on any atom is -0.726 e. The second-order valence-corrected chi connectivity index (χ2v) is 9.79. The van der Waals surface area contributed by atoms with Crippen LogP contribution in [0.3, 0.4) is 0 Å². The average Bonchev–Trinajstić information content (AvgIpc) is 3.04. The molecule has 0 radical (unpaired) electrons. The van der Waals surface area contributed by atoms with E-state index in [9.17, 15) is 32.1 Å². The molecule has 2 aliphatic heterocycles. The normalized spacial score (nSPS) is 22.3. The molecular weight excluding hydrogens is 430 g/mol. The predicted octanol–water partition coefficient (Wildman–Crippen LogP) is -0.274. The van der Waals surface area contributed by atoms with Crippen LogP contribution in [-0.4, -0.2) is 98.3 Å². The first-order chi connectivity index (χ1) is 14.2. The Balaban J connectivity index is 0.000000703. The summed E-state index contributed by atoms with van der Waals surface area (Å²) in [6.45, 7) is 6.21. The van der Waals surface area contributed by atoms with Gasteiger partial charge in [0.25, 0.3) is 0 Å². The van der Waals surface area contributed by atoms with Gasteiger partial charge in [-0.3, -0.25) is 33.2 Å². The minimum absolute atomic E-state index is 0.0597. The van der Waals surface area contributed by atoms with Crippen molar-refractivity contribution in [2.45, 2.75) is 39.5 Å². The van der Waals surface area contributed by atoms with E-state index in [0.717, 1.165) is 37.5 Å². The molecule has 0 aromatic rings. The van der Waals surface area contributed by atoms with Gasteiger partial charge in [-0.15, -0.1) is 0 Å². The lowest BCUT2D eigenvalue weighted by molar-refractivity contribution is -0.890. The Bertz CT molecular complexity index is 748. The Labute approximate surface area is 183 Å². The molecule has 11 nitrogen and oxygen atoms in total. The first-order valence-corrected chi connectivity index (χ1v) is 11.5.